The van der Waals surface area contributed by atoms with Gasteiger partial charge in [0.15, 0.2) is 0 Å². The molecule has 0 fully saturated rings. The summed E-state index contributed by atoms with van der Waals surface area (Å²) in [6.07, 6.45) is -4.29. The Morgan fingerprint density at radius 3 is 2.33 bits per heavy atom. The van der Waals surface area contributed by atoms with E-state index < -0.39 is 11.7 Å². The van der Waals surface area contributed by atoms with Crippen LogP contribution in [-0.4, -0.2) is 11.5 Å². The lowest BCUT2D eigenvalue weighted by molar-refractivity contribution is -0.137. The zero-order chi connectivity index (χ0) is 15.3. The molecule has 1 unspecified atom stereocenters. The molecule has 0 spiro atoms. The highest BCUT2D eigenvalue weighted by atomic mass is 32.2. The normalized spacial score (nSPS) is 13.1. The van der Waals surface area contributed by atoms with E-state index in [1.807, 2.05) is 30.3 Å². The summed E-state index contributed by atoms with van der Waals surface area (Å²) in [5, 5.41) is 0. The molecule has 0 saturated heterocycles. The second-order valence-electron chi connectivity index (χ2n) is 4.63. The standard InChI is InChI=1S/C16H15F3S2/c17-16(18,19)14-7-4-8-15(9-14)21-11-13(10-20)12-5-2-1-3-6-12/h1-9,13,20H,10-11H2. The smallest absolute Gasteiger partial charge is 0.179 e. The van der Waals surface area contributed by atoms with Crippen molar-refractivity contribution in [2.24, 2.45) is 0 Å². The van der Waals surface area contributed by atoms with Crippen molar-refractivity contribution < 1.29 is 13.2 Å². The lowest BCUT2D eigenvalue weighted by Crippen LogP contribution is -2.05. The first-order valence-corrected chi connectivity index (χ1v) is 8.08. The number of benzene rings is 2. The molecule has 0 aromatic heterocycles. The van der Waals surface area contributed by atoms with Gasteiger partial charge in [-0.05, 0) is 29.5 Å². The molecule has 5 heteroatoms. The minimum atomic E-state index is -4.29. The van der Waals surface area contributed by atoms with E-state index in [0.717, 1.165) is 11.6 Å². The fraction of sp³-hybridized carbons (Fsp3) is 0.250. The Balaban J connectivity index is 2.05. The molecule has 0 amide bonds. The molecule has 0 nitrogen and oxygen atoms in total. The number of thioether (sulfide) groups is 1. The number of halogens is 3. The molecule has 0 saturated carbocycles. The van der Waals surface area contributed by atoms with Gasteiger partial charge in [-0.15, -0.1) is 11.8 Å². The Labute approximate surface area is 132 Å². The van der Waals surface area contributed by atoms with Gasteiger partial charge in [0.05, 0.1) is 5.56 Å². The molecule has 1 atom stereocenters. The average Bonchev–Trinajstić information content (AvgIpc) is 2.48. The quantitative estimate of drug-likeness (QED) is 0.558. The fourth-order valence-electron chi connectivity index (χ4n) is 1.94. The second-order valence-corrected chi connectivity index (χ2v) is 6.09. The molecule has 0 bridgehead atoms. The van der Waals surface area contributed by atoms with Crippen molar-refractivity contribution in [2.45, 2.75) is 17.0 Å². The van der Waals surface area contributed by atoms with Crippen LogP contribution in [0.15, 0.2) is 59.5 Å². The Morgan fingerprint density at radius 2 is 1.71 bits per heavy atom. The van der Waals surface area contributed by atoms with E-state index in [0.29, 0.717) is 16.4 Å². The first-order chi connectivity index (χ1) is 10.0. The number of hydrogen-bond acceptors (Lipinski definition) is 2. The minimum Gasteiger partial charge on any atom is -0.179 e. The van der Waals surface area contributed by atoms with Crippen molar-refractivity contribution in [3.05, 3.63) is 65.7 Å². The molecule has 0 N–H and O–H groups in total. The van der Waals surface area contributed by atoms with Gasteiger partial charge in [-0.2, -0.15) is 25.8 Å². The summed E-state index contributed by atoms with van der Waals surface area (Å²) in [5.41, 5.74) is 0.557. The molecule has 0 heterocycles. The zero-order valence-corrected chi connectivity index (χ0v) is 12.9. The average molecular weight is 328 g/mol. The Hall–Kier alpha value is -1.07. The fourth-order valence-corrected chi connectivity index (χ4v) is 3.54. The van der Waals surface area contributed by atoms with Crippen molar-refractivity contribution in [1.82, 2.24) is 0 Å². The van der Waals surface area contributed by atoms with Gasteiger partial charge in [-0.3, -0.25) is 0 Å². The van der Waals surface area contributed by atoms with Crippen LogP contribution in [0.2, 0.25) is 0 Å². The van der Waals surface area contributed by atoms with Gasteiger partial charge in [0.2, 0.25) is 0 Å². The monoisotopic (exact) mass is 328 g/mol. The number of rotatable bonds is 5. The van der Waals surface area contributed by atoms with E-state index in [-0.39, 0.29) is 5.92 Å². The first-order valence-electron chi connectivity index (χ1n) is 6.46. The van der Waals surface area contributed by atoms with Crippen LogP contribution in [0.5, 0.6) is 0 Å². The van der Waals surface area contributed by atoms with Crippen LogP contribution < -0.4 is 0 Å². The van der Waals surface area contributed by atoms with Gasteiger partial charge in [0.1, 0.15) is 0 Å². The molecule has 21 heavy (non-hydrogen) atoms. The molecule has 0 aliphatic carbocycles. The summed E-state index contributed by atoms with van der Waals surface area (Å²) in [6, 6.07) is 15.4. The van der Waals surface area contributed by atoms with Gasteiger partial charge < -0.3 is 0 Å². The Bertz CT molecular complexity index is 567. The predicted octanol–water partition coefficient (Wildman–Crippen LogP) is 5.51. The molecule has 2 aromatic rings. The molecular formula is C16H15F3S2. The van der Waals surface area contributed by atoms with Crippen LogP contribution in [0.1, 0.15) is 17.0 Å². The number of thiol groups is 1. The van der Waals surface area contributed by atoms with Crippen molar-refractivity contribution in [3.63, 3.8) is 0 Å². The third kappa shape index (κ3) is 4.71. The van der Waals surface area contributed by atoms with Crippen LogP contribution in [0, 0.1) is 0 Å². The highest BCUT2D eigenvalue weighted by molar-refractivity contribution is 7.99. The molecule has 112 valence electrons. The van der Waals surface area contributed by atoms with E-state index >= 15 is 0 Å². The predicted molar refractivity (Wildman–Crippen MR) is 85.2 cm³/mol. The molecule has 2 rings (SSSR count). The van der Waals surface area contributed by atoms with E-state index in [4.69, 9.17) is 0 Å². The lowest BCUT2D eigenvalue weighted by Gasteiger charge is -2.15. The van der Waals surface area contributed by atoms with Crippen LogP contribution in [0.3, 0.4) is 0 Å². The van der Waals surface area contributed by atoms with Gasteiger partial charge >= 0.3 is 6.18 Å². The zero-order valence-electron chi connectivity index (χ0n) is 11.2. The maximum absolute atomic E-state index is 12.7. The van der Waals surface area contributed by atoms with Crippen LogP contribution >= 0.6 is 24.4 Å². The van der Waals surface area contributed by atoms with Crippen molar-refractivity contribution >= 4 is 24.4 Å². The molecule has 2 aromatic carbocycles. The molecular weight excluding hydrogens is 313 g/mol. The summed E-state index contributed by atoms with van der Waals surface area (Å²) in [7, 11) is 0. The maximum Gasteiger partial charge on any atom is 0.416 e. The highest BCUT2D eigenvalue weighted by Gasteiger charge is 2.30. The molecule has 0 aliphatic rings. The third-order valence-corrected chi connectivity index (χ3v) is 4.70. The highest BCUT2D eigenvalue weighted by Crippen LogP contribution is 2.33. The minimum absolute atomic E-state index is 0.217. The van der Waals surface area contributed by atoms with Gasteiger partial charge in [0.25, 0.3) is 0 Å². The lowest BCUT2D eigenvalue weighted by atomic mass is 10.0. The second kappa shape index (κ2) is 7.27. The van der Waals surface area contributed by atoms with Crippen LogP contribution in [-0.2, 0) is 6.18 Å². The van der Waals surface area contributed by atoms with E-state index in [2.05, 4.69) is 12.6 Å². The topological polar surface area (TPSA) is 0 Å². The van der Waals surface area contributed by atoms with Crippen LogP contribution in [0.25, 0.3) is 0 Å². The molecule has 0 radical (unpaired) electrons. The van der Waals surface area contributed by atoms with E-state index in [1.165, 1.54) is 23.9 Å². The summed E-state index contributed by atoms with van der Waals surface area (Å²) in [4.78, 5) is 0.632. The SMILES string of the molecule is FC(F)(F)c1cccc(SCC(CS)c2ccccc2)c1. The van der Waals surface area contributed by atoms with Crippen molar-refractivity contribution in [1.29, 1.82) is 0 Å². The Kier molecular flexibility index (Phi) is 5.65. The van der Waals surface area contributed by atoms with Gasteiger partial charge in [0, 0.05) is 16.6 Å². The summed E-state index contributed by atoms with van der Waals surface area (Å²) >= 11 is 5.78. The number of hydrogen-bond donors (Lipinski definition) is 1. The molecule has 0 aliphatic heterocycles. The summed E-state index contributed by atoms with van der Waals surface area (Å²) in [5.74, 6) is 1.58. The number of alkyl halides is 3. The van der Waals surface area contributed by atoms with Crippen LogP contribution in [0.4, 0.5) is 13.2 Å². The largest absolute Gasteiger partial charge is 0.416 e. The van der Waals surface area contributed by atoms with E-state index in [1.54, 1.807) is 6.07 Å². The maximum atomic E-state index is 12.7. The third-order valence-electron chi connectivity index (χ3n) is 3.10. The first kappa shape index (κ1) is 16.3. The summed E-state index contributed by atoms with van der Waals surface area (Å²) < 4.78 is 38.0. The summed E-state index contributed by atoms with van der Waals surface area (Å²) in [6.45, 7) is 0. The van der Waals surface area contributed by atoms with Gasteiger partial charge in [-0.1, -0.05) is 36.4 Å². The Morgan fingerprint density at radius 1 is 1.00 bits per heavy atom. The van der Waals surface area contributed by atoms with E-state index in [9.17, 15) is 13.2 Å². The van der Waals surface area contributed by atoms with Gasteiger partial charge in [-0.25, -0.2) is 0 Å². The van der Waals surface area contributed by atoms with Crippen molar-refractivity contribution in [2.75, 3.05) is 11.5 Å². The van der Waals surface area contributed by atoms with Crippen molar-refractivity contribution in [3.8, 4) is 0 Å².